The van der Waals surface area contributed by atoms with Gasteiger partial charge in [-0.05, 0) is 54.5 Å². The molecule has 5 rings (SSSR count). The Labute approximate surface area is 287 Å². The molecule has 1 heterocycles. The Balaban J connectivity index is 1.40. The summed E-state index contributed by atoms with van der Waals surface area (Å²) < 4.78 is 0. The highest BCUT2D eigenvalue weighted by Crippen LogP contribution is 2.42. The van der Waals surface area contributed by atoms with Crippen LogP contribution in [0, 0.1) is 5.41 Å². The molecule has 10 heteroatoms. The van der Waals surface area contributed by atoms with Gasteiger partial charge >= 0.3 is 5.97 Å². The molecule has 3 unspecified atom stereocenters. The summed E-state index contributed by atoms with van der Waals surface area (Å²) in [5, 5.41) is 15.6. The molecule has 10 nitrogen and oxygen atoms in total. The number of hydrogen-bond acceptors (Lipinski definition) is 5. The first-order chi connectivity index (χ1) is 23.6. The van der Waals surface area contributed by atoms with Crippen LogP contribution in [-0.2, 0) is 36.8 Å². The Bertz CT molecular complexity index is 1620. The zero-order chi connectivity index (χ0) is 35.0. The minimum atomic E-state index is -1.15. The topological polar surface area (TPSA) is 136 Å². The molecule has 4 amide bonds. The molecule has 0 spiro atoms. The molecule has 0 bridgehead atoms. The first-order valence-corrected chi connectivity index (χ1v) is 17.2. The molecule has 49 heavy (non-hydrogen) atoms. The van der Waals surface area contributed by atoms with Gasteiger partial charge in [0.25, 0.3) is 5.91 Å². The standard InChI is InChI=1S/C39H46N4O6/c1-3-12-34(45)43-33(26-28-13-6-4-7-14-28)36(46)42(35(43)30-15-8-5-9-16-30)31-19-17-29(18-20-31)25-32(37(47)48)41-38(49)39(21-10-11-22-39)23-24-40-27(2)44/h4-9,13-20,32-33,35H,3,10-12,21-26H2,1-2H3,(H,40,44)(H,41,49)(H,47,48). The number of hydrogen-bond donors (Lipinski definition) is 3. The van der Waals surface area contributed by atoms with Gasteiger partial charge in [0, 0.05) is 38.4 Å². The number of carbonyl (C=O) groups is 5. The Morgan fingerprint density at radius 3 is 2.12 bits per heavy atom. The van der Waals surface area contributed by atoms with Crippen molar-refractivity contribution in [2.45, 2.75) is 89.9 Å². The van der Waals surface area contributed by atoms with Crippen molar-refractivity contribution in [2.75, 3.05) is 11.4 Å². The van der Waals surface area contributed by atoms with E-state index >= 15 is 0 Å². The monoisotopic (exact) mass is 666 g/mol. The lowest BCUT2D eigenvalue weighted by Gasteiger charge is -2.32. The van der Waals surface area contributed by atoms with Gasteiger partial charge in [-0.3, -0.25) is 24.1 Å². The lowest BCUT2D eigenvalue weighted by atomic mass is 9.81. The summed E-state index contributed by atoms with van der Waals surface area (Å²) in [6.45, 7) is 3.73. The first kappa shape index (κ1) is 35.3. The Morgan fingerprint density at radius 1 is 0.898 bits per heavy atom. The van der Waals surface area contributed by atoms with Crippen molar-refractivity contribution < 1.29 is 29.1 Å². The highest BCUT2D eigenvalue weighted by molar-refractivity contribution is 6.03. The zero-order valence-corrected chi connectivity index (χ0v) is 28.3. The second kappa shape index (κ2) is 15.9. The van der Waals surface area contributed by atoms with Crippen molar-refractivity contribution >= 4 is 35.3 Å². The number of benzene rings is 3. The molecule has 2 fully saturated rings. The van der Waals surface area contributed by atoms with E-state index in [-0.39, 0.29) is 30.0 Å². The summed E-state index contributed by atoms with van der Waals surface area (Å²) in [5.41, 5.74) is 2.33. The third-order valence-corrected chi connectivity index (χ3v) is 9.77. The number of amides is 4. The molecule has 3 aromatic rings. The highest BCUT2D eigenvalue weighted by atomic mass is 16.4. The number of anilines is 1. The molecule has 1 saturated carbocycles. The van der Waals surface area contributed by atoms with Gasteiger partial charge in [-0.15, -0.1) is 0 Å². The molecule has 3 N–H and O–H groups in total. The molecular formula is C39H46N4O6. The van der Waals surface area contributed by atoms with Crippen molar-refractivity contribution in [2.24, 2.45) is 5.41 Å². The van der Waals surface area contributed by atoms with E-state index in [1.165, 1.54) is 6.92 Å². The van der Waals surface area contributed by atoms with Gasteiger partial charge in [-0.1, -0.05) is 92.6 Å². The van der Waals surface area contributed by atoms with Crippen molar-refractivity contribution in [3.63, 3.8) is 0 Å². The maximum absolute atomic E-state index is 14.3. The number of nitrogens with zero attached hydrogens (tertiary/aromatic N) is 2. The van der Waals surface area contributed by atoms with Crippen LogP contribution in [0.3, 0.4) is 0 Å². The quantitative estimate of drug-likeness (QED) is 0.217. The summed E-state index contributed by atoms with van der Waals surface area (Å²) >= 11 is 0. The van der Waals surface area contributed by atoms with Crippen LogP contribution in [0.15, 0.2) is 84.9 Å². The fourth-order valence-corrected chi connectivity index (χ4v) is 7.23. The van der Waals surface area contributed by atoms with E-state index in [9.17, 15) is 29.1 Å². The normalized spacial score (nSPS) is 19.0. The van der Waals surface area contributed by atoms with Crippen LogP contribution in [0.25, 0.3) is 0 Å². The molecule has 1 aliphatic carbocycles. The van der Waals surface area contributed by atoms with Crippen molar-refractivity contribution in [1.29, 1.82) is 0 Å². The molecular weight excluding hydrogens is 620 g/mol. The largest absolute Gasteiger partial charge is 0.480 e. The Hall–Kier alpha value is -4.99. The molecule has 0 aromatic heterocycles. The smallest absolute Gasteiger partial charge is 0.326 e. The summed E-state index contributed by atoms with van der Waals surface area (Å²) in [5.74, 6) is -1.89. The van der Waals surface area contributed by atoms with Crippen molar-refractivity contribution in [1.82, 2.24) is 15.5 Å². The number of carboxylic acid groups (broad SMARTS) is 1. The second-order valence-corrected chi connectivity index (χ2v) is 13.2. The Morgan fingerprint density at radius 2 is 1.53 bits per heavy atom. The van der Waals surface area contributed by atoms with Gasteiger partial charge in [-0.25, -0.2) is 4.79 Å². The van der Waals surface area contributed by atoms with E-state index in [4.69, 9.17) is 0 Å². The maximum atomic E-state index is 14.3. The summed E-state index contributed by atoms with van der Waals surface area (Å²) in [7, 11) is 0. The molecule has 3 atom stereocenters. The van der Waals surface area contributed by atoms with E-state index in [1.54, 1.807) is 34.1 Å². The molecule has 3 aromatic carbocycles. The Kier molecular flexibility index (Phi) is 11.5. The fourth-order valence-electron chi connectivity index (χ4n) is 7.23. The van der Waals surface area contributed by atoms with E-state index in [0.29, 0.717) is 56.3 Å². The molecule has 1 aliphatic heterocycles. The lowest BCUT2D eigenvalue weighted by Crippen LogP contribution is -2.49. The predicted octanol–water partition coefficient (Wildman–Crippen LogP) is 5.17. The van der Waals surface area contributed by atoms with Gasteiger partial charge in [0.2, 0.25) is 17.7 Å². The van der Waals surface area contributed by atoms with Gasteiger partial charge in [0.1, 0.15) is 18.2 Å². The third kappa shape index (κ3) is 8.18. The predicted molar refractivity (Wildman–Crippen MR) is 186 cm³/mol. The van der Waals surface area contributed by atoms with E-state index in [0.717, 1.165) is 24.0 Å². The number of rotatable bonds is 14. The maximum Gasteiger partial charge on any atom is 0.326 e. The fraction of sp³-hybridized carbons (Fsp3) is 0.410. The van der Waals surface area contributed by atoms with Crippen LogP contribution in [0.1, 0.15) is 81.6 Å². The van der Waals surface area contributed by atoms with Crippen molar-refractivity contribution in [3.8, 4) is 0 Å². The minimum Gasteiger partial charge on any atom is -0.480 e. The SMILES string of the molecule is CCCC(=O)N1C(Cc2ccccc2)C(=O)N(c2ccc(CC(NC(=O)C3(CCNC(C)=O)CCCC3)C(=O)O)cc2)C1c1ccccc1. The highest BCUT2D eigenvalue weighted by Gasteiger charge is 2.49. The number of nitrogens with one attached hydrogen (secondary N) is 2. The van der Waals surface area contributed by atoms with Gasteiger partial charge in [0.05, 0.1) is 5.41 Å². The summed E-state index contributed by atoms with van der Waals surface area (Å²) in [6.07, 6.45) is 4.23. The lowest BCUT2D eigenvalue weighted by molar-refractivity contribution is -0.144. The van der Waals surface area contributed by atoms with Crippen molar-refractivity contribution in [3.05, 3.63) is 102 Å². The summed E-state index contributed by atoms with van der Waals surface area (Å²) in [4.78, 5) is 68.7. The number of carboxylic acids is 1. The van der Waals surface area contributed by atoms with Crippen LogP contribution in [0.2, 0.25) is 0 Å². The minimum absolute atomic E-state index is 0.0525. The van der Waals surface area contributed by atoms with Crippen LogP contribution >= 0.6 is 0 Å². The van der Waals surface area contributed by atoms with Gasteiger partial charge < -0.3 is 20.6 Å². The summed E-state index contributed by atoms with van der Waals surface area (Å²) in [6, 6.07) is 24.5. The molecule has 0 radical (unpaired) electrons. The van der Waals surface area contributed by atoms with E-state index < -0.39 is 29.6 Å². The third-order valence-electron chi connectivity index (χ3n) is 9.77. The molecule has 258 valence electrons. The average Bonchev–Trinajstić information content (AvgIpc) is 3.69. The van der Waals surface area contributed by atoms with E-state index in [1.807, 2.05) is 67.6 Å². The second-order valence-electron chi connectivity index (χ2n) is 13.2. The molecule has 1 saturated heterocycles. The zero-order valence-electron chi connectivity index (χ0n) is 28.3. The van der Waals surface area contributed by atoms with Gasteiger partial charge in [-0.2, -0.15) is 0 Å². The molecule has 2 aliphatic rings. The van der Waals surface area contributed by atoms with Crippen LogP contribution < -0.4 is 15.5 Å². The van der Waals surface area contributed by atoms with Crippen LogP contribution in [0.4, 0.5) is 5.69 Å². The van der Waals surface area contributed by atoms with Crippen LogP contribution in [-0.4, -0.2) is 58.2 Å². The van der Waals surface area contributed by atoms with E-state index in [2.05, 4.69) is 10.6 Å². The van der Waals surface area contributed by atoms with Gasteiger partial charge in [0.15, 0.2) is 0 Å². The number of aliphatic carboxylic acids is 1. The average molecular weight is 667 g/mol. The van der Waals surface area contributed by atoms with Crippen LogP contribution in [0.5, 0.6) is 0 Å². The number of carbonyl (C=O) groups excluding carboxylic acids is 4. The first-order valence-electron chi connectivity index (χ1n) is 17.2.